The number of pyridine rings is 1. The van der Waals surface area contributed by atoms with Gasteiger partial charge in [0, 0.05) is 42.7 Å². The Balaban J connectivity index is 1.66. The van der Waals surface area contributed by atoms with Gasteiger partial charge in [-0.25, -0.2) is 0 Å². The predicted octanol–water partition coefficient (Wildman–Crippen LogP) is 1.10. The Morgan fingerprint density at radius 1 is 1.19 bits per heavy atom. The maximum Gasteiger partial charge on any atom is 0.242 e. The molecule has 4 rings (SSSR count). The van der Waals surface area contributed by atoms with Gasteiger partial charge in [0.05, 0.1) is 24.8 Å². The van der Waals surface area contributed by atoms with E-state index in [1.54, 1.807) is 6.07 Å². The predicted molar refractivity (Wildman–Crippen MR) is 100 cm³/mol. The molecule has 26 heavy (non-hydrogen) atoms. The first-order valence-electron chi connectivity index (χ1n) is 9.18. The molecule has 2 aliphatic rings. The Hall–Kier alpha value is -2.18. The minimum Gasteiger partial charge on any atom is -0.379 e. The Morgan fingerprint density at radius 3 is 2.85 bits per heavy atom. The molecule has 2 atom stereocenters. The Bertz CT molecular complexity index is 891. The van der Waals surface area contributed by atoms with Crippen molar-refractivity contribution in [3.05, 3.63) is 46.2 Å². The summed E-state index contributed by atoms with van der Waals surface area (Å²) in [6.07, 6.45) is 0. The van der Waals surface area contributed by atoms with Crippen LogP contribution in [0, 0.1) is 12.8 Å². The van der Waals surface area contributed by atoms with Gasteiger partial charge in [0.2, 0.25) is 5.91 Å². The highest BCUT2D eigenvalue weighted by Crippen LogP contribution is 2.20. The van der Waals surface area contributed by atoms with Crippen LogP contribution in [0.15, 0.2) is 35.1 Å². The van der Waals surface area contributed by atoms with Gasteiger partial charge in [-0.1, -0.05) is 12.1 Å². The molecule has 1 aromatic heterocycles. The summed E-state index contributed by atoms with van der Waals surface area (Å²) in [5, 5.41) is 0.656. The number of ether oxygens (including phenoxy) is 1. The van der Waals surface area contributed by atoms with E-state index in [-0.39, 0.29) is 23.9 Å². The van der Waals surface area contributed by atoms with Gasteiger partial charge >= 0.3 is 0 Å². The van der Waals surface area contributed by atoms with Crippen LogP contribution >= 0.6 is 0 Å². The molecule has 3 heterocycles. The minimum absolute atomic E-state index is 0.00227. The lowest BCUT2D eigenvalue weighted by atomic mass is 10.1. The zero-order valence-electron chi connectivity index (χ0n) is 15.4. The highest BCUT2D eigenvalue weighted by Gasteiger charge is 2.34. The number of fused-ring (bicyclic) bond motifs is 4. The third-order valence-electron chi connectivity index (χ3n) is 5.49. The van der Waals surface area contributed by atoms with Crippen LogP contribution in [0.25, 0.3) is 10.9 Å². The van der Waals surface area contributed by atoms with Crippen LogP contribution in [-0.4, -0.2) is 66.2 Å². The van der Waals surface area contributed by atoms with Gasteiger partial charge in [-0.2, -0.15) is 0 Å². The smallest absolute Gasteiger partial charge is 0.242 e. The van der Waals surface area contributed by atoms with Gasteiger partial charge in [-0.15, -0.1) is 0 Å². The van der Waals surface area contributed by atoms with E-state index in [9.17, 15) is 9.59 Å². The first kappa shape index (κ1) is 17.2. The van der Waals surface area contributed by atoms with E-state index < -0.39 is 0 Å². The minimum atomic E-state index is 0.00227. The van der Waals surface area contributed by atoms with Gasteiger partial charge in [-0.3, -0.25) is 9.59 Å². The number of carbonyl (C=O) groups is 1. The topological polar surface area (TPSA) is 54.8 Å². The van der Waals surface area contributed by atoms with Crippen molar-refractivity contribution in [2.75, 3.05) is 39.9 Å². The van der Waals surface area contributed by atoms with Crippen molar-refractivity contribution in [1.82, 2.24) is 14.4 Å². The molecule has 0 N–H and O–H groups in total. The third-order valence-corrected chi connectivity index (χ3v) is 5.49. The second-order valence-corrected chi connectivity index (χ2v) is 7.58. The summed E-state index contributed by atoms with van der Waals surface area (Å²) in [6, 6.07) is 9.20. The number of carbonyl (C=O) groups excluding carboxylic acids is 1. The molecule has 2 fully saturated rings. The number of aryl methyl sites for hydroxylation is 1. The SMILES string of the molecule is Cc1cc(=O)c2ccccc2n1CC(=O)N1C[C@H]2COC[C@@H]1CN(C)C2. The number of hydrogen-bond acceptors (Lipinski definition) is 4. The van der Waals surface area contributed by atoms with E-state index in [0.717, 1.165) is 30.8 Å². The summed E-state index contributed by atoms with van der Waals surface area (Å²) >= 11 is 0. The number of likely N-dealkylation sites (N-methyl/N-ethyl adjacent to an activating group) is 1. The van der Waals surface area contributed by atoms with Gasteiger partial charge in [0.1, 0.15) is 6.54 Å². The van der Waals surface area contributed by atoms with E-state index in [2.05, 4.69) is 11.9 Å². The molecular weight excluding hydrogens is 330 g/mol. The van der Waals surface area contributed by atoms with Crippen LogP contribution in [-0.2, 0) is 16.1 Å². The lowest BCUT2D eigenvalue weighted by Crippen LogP contribution is -2.47. The van der Waals surface area contributed by atoms with E-state index in [1.807, 2.05) is 40.7 Å². The summed E-state index contributed by atoms with van der Waals surface area (Å²) in [5.41, 5.74) is 1.63. The first-order valence-corrected chi connectivity index (χ1v) is 9.18. The fourth-order valence-electron chi connectivity index (χ4n) is 4.27. The van der Waals surface area contributed by atoms with Crippen molar-refractivity contribution in [2.24, 2.45) is 5.92 Å². The van der Waals surface area contributed by atoms with Crippen molar-refractivity contribution >= 4 is 16.8 Å². The van der Waals surface area contributed by atoms with Crippen LogP contribution < -0.4 is 5.43 Å². The quantitative estimate of drug-likeness (QED) is 0.810. The van der Waals surface area contributed by atoms with Crippen LogP contribution in [0.4, 0.5) is 0 Å². The molecule has 138 valence electrons. The number of para-hydroxylation sites is 1. The molecule has 0 unspecified atom stereocenters. The van der Waals surface area contributed by atoms with Crippen LogP contribution in [0.2, 0.25) is 0 Å². The highest BCUT2D eigenvalue weighted by atomic mass is 16.5. The molecule has 0 saturated carbocycles. The first-order chi connectivity index (χ1) is 12.5. The lowest BCUT2D eigenvalue weighted by Gasteiger charge is -2.30. The largest absolute Gasteiger partial charge is 0.379 e. The molecule has 2 aromatic rings. The fraction of sp³-hybridized carbons (Fsp3) is 0.500. The van der Waals surface area contributed by atoms with Crippen molar-refractivity contribution in [1.29, 1.82) is 0 Å². The molecule has 0 aliphatic carbocycles. The highest BCUT2D eigenvalue weighted by molar-refractivity contribution is 5.83. The van der Waals surface area contributed by atoms with Crippen LogP contribution in [0.5, 0.6) is 0 Å². The van der Waals surface area contributed by atoms with Crippen molar-refractivity contribution in [3.63, 3.8) is 0 Å². The van der Waals surface area contributed by atoms with Crippen molar-refractivity contribution in [3.8, 4) is 0 Å². The number of nitrogens with zero attached hydrogens (tertiary/aromatic N) is 3. The average molecular weight is 355 g/mol. The fourth-order valence-corrected chi connectivity index (χ4v) is 4.27. The second-order valence-electron chi connectivity index (χ2n) is 7.58. The van der Waals surface area contributed by atoms with E-state index in [1.165, 1.54) is 0 Å². The standard InChI is InChI=1S/C20H25N3O3/c1-14-7-19(24)17-5-3-4-6-18(17)22(14)11-20(25)23-9-15-8-21(2)10-16(23)13-26-12-15/h3-7,15-16H,8-13H2,1-2H3/t15-,16-/m0/s1. The number of rotatable bonds is 2. The molecule has 2 bridgehead atoms. The van der Waals surface area contributed by atoms with Gasteiger partial charge < -0.3 is 19.1 Å². The molecule has 0 spiro atoms. The van der Waals surface area contributed by atoms with E-state index in [0.29, 0.717) is 24.5 Å². The molecule has 1 aromatic carbocycles. The maximum atomic E-state index is 13.2. The van der Waals surface area contributed by atoms with Gasteiger partial charge in [-0.05, 0) is 26.1 Å². The number of benzene rings is 1. The van der Waals surface area contributed by atoms with E-state index >= 15 is 0 Å². The Morgan fingerprint density at radius 2 is 2.00 bits per heavy atom. The second kappa shape index (κ2) is 6.85. The van der Waals surface area contributed by atoms with Crippen molar-refractivity contribution in [2.45, 2.75) is 19.5 Å². The Labute approximate surface area is 153 Å². The summed E-state index contributed by atoms with van der Waals surface area (Å²) < 4.78 is 7.74. The van der Waals surface area contributed by atoms with Gasteiger partial charge in [0.25, 0.3) is 0 Å². The summed E-state index contributed by atoms with van der Waals surface area (Å²) in [5.74, 6) is 0.445. The monoisotopic (exact) mass is 355 g/mol. The zero-order chi connectivity index (χ0) is 18.3. The molecule has 0 radical (unpaired) electrons. The number of aromatic nitrogens is 1. The summed E-state index contributed by atoms with van der Waals surface area (Å²) in [7, 11) is 2.11. The molecule has 2 aliphatic heterocycles. The normalized spacial score (nSPS) is 23.8. The average Bonchev–Trinajstić information content (AvgIpc) is 2.89. The summed E-state index contributed by atoms with van der Waals surface area (Å²) in [4.78, 5) is 29.7. The molecule has 2 saturated heterocycles. The third kappa shape index (κ3) is 3.15. The van der Waals surface area contributed by atoms with Crippen molar-refractivity contribution < 1.29 is 9.53 Å². The Kier molecular flexibility index (Phi) is 4.54. The van der Waals surface area contributed by atoms with E-state index in [4.69, 9.17) is 4.74 Å². The number of amides is 1. The zero-order valence-corrected chi connectivity index (χ0v) is 15.4. The lowest BCUT2D eigenvalue weighted by molar-refractivity contribution is -0.134. The molecular formula is C20H25N3O3. The maximum absolute atomic E-state index is 13.2. The molecule has 6 nitrogen and oxygen atoms in total. The summed E-state index contributed by atoms with van der Waals surface area (Å²) in [6.45, 7) is 5.98. The van der Waals surface area contributed by atoms with Gasteiger partial charge in [0.15, 0.2) is 5.43 Å². The van der Waals surface area contributed by atoms with Crippen LogP contribution in [0.1, 0.15) is 5.69 Å². The number of hydrogen-bond donors (Lipinski definition) is 0. The molecule has 6 heteroatoms. The molecule has 1 amide bonds. The van der Waals surface area contributed by atoms with Crippen LogP contribution in [0.3, 0.4) is 0 Å².